The SMILES string of the molecule is CCCNC(=O)[C@@H](C)N(Cc1ccc(C)cc1)C(=O)CN(c1ccc(OC)c(Cl)c1)S(=O)(=O)c1ccccc1. The van der Waals surface area contributed by atoms with Gasteiger partial charge in [-0.3, -0.25) is 13.9 Å². The van der Waals surface area contributed by atoms with Gasteiger partial charge in [-0.2, -0.15) is 0 Å². The van der Waals surface area contributed by atoms with Crippen LogP contribution >= 0.6 is 11.6 Å². The van der Waals surface area contributed by atoms with Gasteiger partial charge in [0.1, 0.15) is 18.3 Å². The number of ether oxygens (including phenoxy) is 1. The summed E-state index contributed by atoms with van der Waals surface area (Å²) >= 11 is 6.33. The lowest BCUT2D eigenvalue weighted by Gasteiger charge is -2.32. The molecule has 3 aromatic carbocycles. The van der Waals surface area contributed by atoms with Gasteiger partial charge in [-0.15, -0.1) is 0 Å². The molecule has 39 heavy (non-hydrogen) atoms. The summed E-state index contributed by atoms with van der Waals surface area (Å²) in [5, 5.41) is 3.02. The minimum atomic E-state index is -4.17. The molecule has 0 spiro atoms. The molecule has 3 rings (SSSR count). The summed E-state index contributed by atoms with van der Waals surface area (Å²) in [6, 6.07) is 19.1. The molecule has 0 bridgehead atoms. The van der Waals surface area contributed by atoms with E-state index in [0.29, 0.717) is 12.3 Å². The Kier molecular flexibility index (Phi) is 10.4. The number of nitrogens with zero attached hydrogens (tertiary/aromatic N) is 2. The predicted octanol–water partition coefficient (Wildman–Crippen LogP) is 4.80. The van der Waals surface area contributed by atoms with Crippen molar-refractivity contribution in [2.24, 2.45) is 0 Å². The number of sulfonamides is 1. The minimum absolute atomic E-state index is 0.0172. The first-order chi connectivity index (χ1) is 18.6. The number of hydrogen-bond acceptors (Lipinski definition) is 5. The van der Waals surface area contributed by atoms with Crippen LogP contribution in [0.1, 0.15) is 31.4 Å². The number of aryl methyl sites for hydroxylation is 1. The molecule has 0 saturated carbocycles. The number of halogens is 1. The average molecular weight is 572 g/mol. The Labute approximate surface area is 235 Å². The van der Waals surface area contributed by atoms with Crippen LogP contribution in [0.4, 0.5) is 5.69 Å². The zero-order valence-corrected chi connectivity index (χ0v) is 24.1. The standard InChI is InChI=1S/C29H34ClN3O5S/c1-5-17-31-29(35)22(3)32(19-23-13-11-21(2)12-14-23)28(34)20-33(24-15-16-27(38-4)26(30)18-24)39(36,37)25-9-7-6-8-10-25/h6-16,18,22H,5,17,19-20H2,1-4H3,(H,31,35)/t22-/m1/s1. The van der Waals surface area contributed by atoms with Crippen molar-refractivity contribution in [2.75, 3.05) is 24.5 Å². The van der Waals surface area contributed by atoms with Gasteiger partial charge in [0, 0.05) is 13.1 Å². The third-order valence-electron chi connectivity index (χ3n) is 6.22. The van der Waals surface area contributed by atoms with Crippen LogP contribution in [0.3, 0.4) is 0 Å². The number of methoxy groups -OCH3 is 1. The lowest BCUT2D eigenvalue weighted by molar-refractivity contribution is -0.139. The van der Waals surface area contributed by atoms with Crippen molar-refractivity contribution in [3.05, 3.63) is 88.9 Å². The summed E-state index contributed by atoms with van der Waals surface area (Å²) < 4.78 is 33.8. The summed E-state index contributed by atoms with van der Waals surface area (Å²) in [5.41, 5.74) is 2.06. The summed E-state index contributed by atoms with van der Waals surface area (Å²) in [7, 11) is -2.72. The molecule has 3 aromatic rings. The Morgan fingerprint density at radius 1 is 1.03 bits per heavy atom. The Morgan fingerprint density at radius 2 is 1.69 bits per heavy atom. The van der Waals surface area contributed by atoms with Crippen molar-refractivity contribution in [1.82, 2.24) is 10.2 Å². The lowest BCUT2D eigenvalue weighted by atomic mass is 10.1. The topological polar surface area (TPSA) is 96.0 Å². The van der Waals surface area contributed by atoms with E-state index in [2.05, 4.69) is 5.32 Å². The van der Waals surface area contributed by atoms with Gasteiger partial charge >= 0.3 is 0 Å². The highest BCUT2D eigenvalue weighted by atomic mass is 35.5. The average Bonchev–Trinajstić information content (AvgIpc) is 2.94. The fraction of sp³-hybridized carbons (Fsp3) is 0.310. The molecule has 1 atom stereocenters. The van der Waals surface area contributed by atoms with Crippen LogP contribution in [-0.2, 0) is 26.2 Å². The van der Waals surface area contributed by atoms with E-state index in [9.17, 15) is 18.0 Å². The van der Waals surface area contributed by atoms with Crippen LogP contribution in [0, 0.1) is 6.92 Å². The molecule has 8 nitrogen and oxygen atoms in total. The number of hydrogen-bond donors (Lipinski definition) is 1. The number of carbonyl (C=O) groups is 2. The van der Waals surface area contributed by atoms with Crippen LogP contribution < -0.4 is 14.4 Å². The predicted molar refractivity (Wildman–Crippen MR) is 153 cm³/mol. The highest BCUT2D eigenvalue weighted by Gasteiger charge is 2.32. The number of anilines is 1. The van der Waals surface area contributed by atoms with E-state index in [4.69, 9.17) is 16.3 Å². The Hall–Kier alpha value is -3.56. The fourth-order valence-corrected chi connectivity index (χ4v) is 5.61. The summed E-state index contributed by atoms with van der Waals surface area (Å²) in [5.74, 6) is -0.491. The van der Waals surface area contributed by atoms with Crippen LogP contribution in [0.25, 0.3) is 0 Å². The quantitative estimate of drug-likeness (QED) is 0.337. The van der Waals surface area contributed by atoms with E-state index in [0.717, 1.165) is 21.9 Å². The number of amides is 2. The molecule has 0 heterocycles. The van der Waals surface area contributed by atoms with Crippen molar-refractivity contribution in [3.63, 3.8) is 0 Å². The van der Waals surface area contributed by atoms with E-state index in [1.165, 1.54) is 36.3 Å². The van der Waals surface area contributed by atoms with Crippen LogP contribution in [0.5, 0.6) is 5.75 Å². The third kappa shape index (κ3) is 7.52. The molecule has 1 N–H and O–H groups in total. The monoisotopic (exact) mass is 571 g/mol. The maximum atomic E-state index is 13.9. The maximum Gasteiger partial charge on any atom is 0.264 e. The maximum absolute atomic E-state index is 13.9. The third-order valence-corrected chi connectivity index (χ3v) is 8.31. The molecule has 0 aliphatic heterocycles. The van der Waals surface area contributed by atoms with E-state index in [1.807, 2.05) is 38.1 Å². The molecule has 208 valence electrons. The van der Waals surface area contributed by atoms with Gasteiger partial charge in [0.15, 0.2) is 0 Å². The van der Waals surface area contributed by atoms with Crippen LogP contribution in [0.15, 0.2) is 77.7 Å². The largest absolute Gasteiger partial charge is 0.495 e. The number of rotatable bonds is 12. The van der Waals surface area contributed by atoms with E-state index in [-0.39, 0.29) is 28.1 Å². The number of nitrogens with one attached hydrogen (secondary N) is 1. The van der Waals surface area contributed by atoms with Crippen molar-refractivity contribution in [3.8, 4) is 5.75 Å². The van der Waals surface area contributed by atoms with Gasteiger partial charge in [0.05, 0.1) is 22.7 Å². The van der Waals surface area contributed by atoms with E-state index < -0.39 is 28.5 Å². The Bertz CT molecular complexity index is 1380. The lowest BCUT2D eigenvalue weighted by Crippen LogP contribution is -2.51. The molecule has 10 heteroatoms. The second kappa shape index (κ2) is 13.5. The molecule has 0 radical (unpaired) electrons. The van der Waals surface area contributed by atoms with Gasteiger partial charge in [-0.1, -0.05) is 66.6 Å². The smallest absolute Gasteiger partial charge is 0.264 e. The molecule has 0 saturated heterocycles. The van der Waals surface area contributed by atoms with Crippen molar-refractivity contribution < 1.29 is 22.7 Å². The van der Waals surface area contributed by atoms with Crippen molar-refractivity contribution >= 4 is 39.1 Å². The fourth-order valence-electron chi connectivity index (χ4n) is 3.93. The van der Waals surface area contributed by atoms with Gasteiger partial charge < -0.3 is 15.0 Å². The van der Waals surface area contributed by atoms with E-state index >= 15 is 0 Å². The van der Waals surface area contributed by atoms with Gasteiger partial charge in [-0.25, -0.2) is 8.42 Å². The molecule has 0 aliphatic rings. The van der Waals surface area contributed by atoms with Gasteiger partial charge in [0.2, 0.25) is 11.8 Å². The molecule has 2 amide bonds. The first-order valence-corrected chi connectivity index (χ1v) is 14.4. The second-order valence-corrected chi connectivity index (χ2v) is 11.4. The zero-order chi connectivity index (χ0) is 28.6. The molecule has 0 aliphatic carbocycles. The number of benzene rings is 3. The summed E-state index contributed by atoms with van der Waals surface area (Å²) in [6.07, 6.45) is 0.742. The minimum Gasteiger partial charge on any atom is -0.495 e. The Morgan fingerprint density at radius 3 is 2.28 bits per heavy atom. The summed E-state index contributed by atoms with van der Waals surface area (Å²) in [4.78, 5) is 28.2. The first-order valence-electron chi connectivity index (χ1n) is 12.6. The molecular formula is C29H34ClN3O5S. The van der Waals surface area contributed by atoms with Gasteiger partial charge in [-0.05, 0) is 56.2 Å². The Balaban J connectivity index is 2.03. The van der Waals surface area contributed by atoms with Crippen LogP contribution in [-0.4, -0.2) is 51.4 Å². The summed E-state index contributed by atoms with van der Waals surface area (Å²) in [6.45, 7) is 5.58. The molecule has 0 fully saturated rings. The molecule has 0 aromatic heterocycles. The first kappa shape index (κ1) is 30.0. The highest BCUT2D eigenvalue weighted by molar-refractivity contribution is 7.92. The molecular weight excluding hydrogens is 538 g/mol. The zero-order valence-electron chi connectivity index (χ0n) is 22.6. The normalized spacial score (nSPS) is 11.9. The highest BCUT2D eigenvalue weighted by Crippen LogP contribution is 2.32. The second-order valence-electron chi connectivity index (χ2n) is 9.12. The molecule has 0 unspecified atom stereocenters. The van der Waals surface area contributed by atoms with Crippen molar-refractivity contribution in [2.45, 2.75) is 44.7 Å². The van der Waals surface area contributed by atoms with Crippen molar-refractivity contribution in [1.29, 1.82) is 0 Å². The van der Waals surface area contributed by atoms with Gasteiger partial charge in [0.25, 0.3) is 10.0 Å². The van der Waals surface area contributed by atoms with Crippen LogP contribution in [0.2, 0.25) is 5.02 Å². The van der Waals surface area contributed by atoms with E-state index in [1.54, 1.807) is 31.2 Å². The number of carbonyl (C=O) groups excluding carboxylic acids is 2.